The van der Waals surface area contributed by atoms with Crippen molar-refractivity contribution in [1.29, 1.82) is 0 Å². The van der Waals surface area contributed by atoms with E-state index in [1.807, 2.05) is 6.08 Å². The molecule has 0 aromatic carbocycles. The van der Waals surface area contributed by atoms with E-state index in [1.165, 1.54) is 77.0 Å². The fourth-order valence-corrected chi connectivity index (χ4v) is 8.26. The first-order valence-corrected chi connectivity index (χ1v) is 28.2. The second-order valence-electron chi connectivity index (χ2n) is 19.3. The highest BCUT2D eigenvalue weighted by molar-refractivity contribution is 5.80. The van der Waals surface area contributed by atoms with Crippen molar-refractivity contribution in [2.45, 2.75) is 275 Å². The highest BCUT2D eigenvalue weighted by Gasteiger charge is 2.47. The lowest BCUT2D eigenvalue weighted by atomic mass is 9.99. The van der Waals surface area contributed by atoms with E-state index in [1.54, 1.807) is 6.08 Å². The SMILES string of the molecule is CCCC/C=C\CCCCCCCC(=O)OC1C(OCC(NC(=O)C(O)CCCC/C=C\C/C=C\C/C=C\C/C=C\CCCCC)C(O)/C=C/CCCCCCCCCCCC)OC(CO)C(O)C1O. The van der Waals surface area contributed by atoms with Gasteiger partial charge in [-0.15, -0.1) is 0 Å². The van der Waals surface area contributed by atoms with Crippen molar-refractivity contribution in [2.24, 2.45) is 0 Å². The van der Waals surface area contributed by atoms with Crippen molar-refractivity contribution in [3.63, 3.8) is 0 Å². The lowest BCUT2D eigenvalue weighted by Crippen LogP contribution is -2.61. The van der Waals surface area contributed by atoms with Crippen LogP contribution in [0.5, 0.6) is 0 Å². The maximum Gasteiger partial charge on any atom is 0.306 e. The average Bonchev–Trinajstić information content (AvgIpc) is 3.36. The van der Waals surface area contributed by atoms with Gasteiger partial charge in [-0.05, 0) is 89.9 Å². The molecule has 1 saturated heterocycles. The Morgan fingerprint density at radius 1 is 0.557 bits per heavy atom. The number of rotatable bonds is 46. The smallest absolute Gasteiger partial charge is 0.306 e. The molecule has 8 unspecified atom stereocenters. The highest BCUT2D eigenvalue weighted by Crippen LogP contribution is 2.26. The first-order valence-electron chi connectivity index (χ1n) is 28.2. The molecule has 0 aliphatic carbocycles. The molecule has 1 fully saturated rings. The van der Waals surface area contributed by atoms with Crippen LogP contribution < -0.4 is 5.32 Å². The number of amides is 1. The van der Waals surface area contributed by atoms with Crippen LogP contribution in [0.4, 0.5) is 0 Å². The Hall–Kier alpha value is -2.90. The number of carbonyl (C=O) groups is 2. The summed E-state index contributed by atoms with van der Waals surface area (Å²) in [6.45, 7) is 5.66. The molecule has 70 heavy (non-hydrogen) atoms. The van der Waals surface area contributed by atoms with Crippen LogP contribution in [0.2, 0.25) is 0 Å². The molecule has 1 aliphatic heterocycles. The zero-order valence-electron chi connectivity index (χ0n) is 44.4. The number of hydrogen-bond acceptors (Lipinski definition) is 10. The normalized spacial score (nSPS) is 20.3. The van der Waals surface area contributed by atoms with E-state index in [0.717, 1.165) is 103 Å². The monoisotopic (exact) mass is 986 g/mol. The fourth-order valence-electron chi connectivity index (χ4n) is 8.26. The summed E-state index contributed by atoms with van der Waals surface area (Å²) in [7, 11) is 0. The van der Waals surface area contributed by atoms with Gasteiger partial charge in [0.25, 0.3) is 0 Å². The minimum absolute atomic E-state index is 0.106. The topological polar surface area (TPSA) is 175 Å². The summed E-state index contributed by atoms with van der Waals surface area (Å²) in [5.74, 6) is -1.24. The third-order valence-electron chi connectivity index (χ3n) is 12.8. The number of esters is 1. The molecule has 6 N–H and O–H groups in total. The Bertz CT molecular complexity index is 1410. The molecule has 1 amide bonds. The Kier molecular flexibility index (Phi) is 43.8. The summed E-state index contributed by atoms with van der Waals surface area (Å²) in [6.07, 6.45) is 48.1. The number of hydrogen-bond donors (Lipinski definition) is 6. The standard InChI is InChI=1S/C59H103NO10/c1-4-7-10-13-16-19-22-24-25-26-27-28-29-32-34-37-40-43-46-52(63)58(67)60-50(51(62)45-42-39-36-33-31-23-20-17-14-11-8-5-2)49-68-59-57(56(66)55(65)53(48-61)69-59)70-54(64)47-44-41-38-35-30-21-18-15-12-9-6-3/h15-16,18-19,24-25,27-28,32,34,42,45,50-53,55-57,59,61-63,65-66H,4-14,17,20-23,26,29-31,33,35-41,43-44,46-49H2,1-3H3,(H,60,67)/b18-15-,19-16-,25-24-,28-27-,34-32-,45-42+. The predicted octanol–water partition coefficient (Wildman–Crippen LogP) is 12.4. The Morgan fingerprint density at radius 3 is 1.56 bits per heavy atom. The molecule has 8 atom stereocenters. The summed E-state index contributed by atoms with van der Waals surface area (Å²) in [5, 5.41) is 56.7. The summed E-state index contributed by atoms with van der Waals surface area (Å²) in [6, 6.07) is -1.04. The van der Waals surface area contributed by atoms with Crippen LogP contribution in [0.3, 0.4) is 0 Å². The third-order valence-corrected chi connectivity index (χ3v) is 12.8. The van der Waals surface area contributed by atoms with Crippen molar-refractivity contribution in [1.82, 2.24) is 5.32 Å². The second-order valence-corrected chi connectivity index (χ2v) is 19.3. The minimum Gasteiger partial charge on any atom is -0.454 e. The molecule has 0 bridgehead atoms. The molecule has 0 radical (unpaired) electrons. The van der Waals surface area contributed by atoms with E-state index in [2.05, 4.69) is 86.8 Å². The van der Waals surface area contributed by atoms with E-state index in [9.17, 15) is 35.1 Å². The van der Waals surface area contributed by atoms with Crippen LogP contribution in [-0.4, -0.2) is 99.6 Å². The molecule has 0 saturated carbocycles. The lowest BCUT2D eigenvalue weighted by molar-refractivity contribution is -0.305. The third kappa shape index (κ3) is 35.3. The maximum atomic E-state index is 13.4. The summed E-state index contributed by atoms with van der Waals surface area (Å²) < 4.78 is 17.5. The number of unbranched alkanes of at least 4 members (excludes halogenated alkanes) is 22. The second kappa shape index (κ2) is 47.1. The molecule has 1 aliphatic rings. The molecule has 0 aromatic heterocycles. The van der Waals surface area contributed by atoms with Gasteiger partial charge in [-0.2, -0.15) is 0 Å². The van der Waals surface area contributed by atoms with Crippen LogP contribution in [0, 0.1) is 0 Å². The zero-order valence-corrected chi connectivity index (χ0v) is 44.4. The van der Waals surface area contributed by atoms with Gasteiger partial charge >= 0.3 is 5.97 Å². The molecular weight excluding hydrogens is 883 g/mol. The molecule has 0 aromatic rings. The van der Waals surface area contributed by atoms with Crippen molar-refractivity contribution >= 4 is 11.9 Å². The molecule has 404 valence electrons. The average molecular weight is 986 g/mol. The van der Waals surface area contributed by atoms with Gasteiger partial charge in [0.05, 0.1) is 25.4 Å². The molecular formula is C59H103NO10. The lowest BCUT2D eigenvalue weighted by Gasteiger charge is -2.41. The van der Waals surface area contributed by atoms with E-state index in [4.69, 9.17) is 14.2 Å². The first-order chi connectivity index (χ1) is 34.2. The molecule has 11 heteroatoms. The van der Waals surface area contributed by atoms with E-state index in [-0.39, 0.29) is 19.4 Å². The van der Waals surface area contributed by atoms with Crippen LogP contribution >= 0.6 is 0 Å². The summed E-state index contributed by atoms with van der Waals surface area (Å²) in [4.78, 5) is 26.4. The molecule has 1 rings (SSSR count). The van der Waals surface area contributed by atoms with Gasteiger partial charge < -0.3 is 45.1 Å². The molecule has 11 nitrogen and oxygen atoms in total. The van der Waals surface area contributed by atoms with Gasteiger partial charge in [-0.3, -0.25) is 9.59 Å². The number of carbonyl (C=O) groups excluding carboxylic acids is 2. The zero-order chi connectivity index (χ0) is 51.1. The Labute approximate surface area is 426 Å². The van der Waals surface area contributed by atoms with Gasteiger partial charge in [0.2, 0.25) is 5.91 Å². The van der Waals surface area contributed by atoms with E-state index < -0.39 is 67.4 Å². The molecule has 0 spiro atoms. The van der Waals surface area contributed by atoms with Crippen LogP contribution in [-0.2, 0) is 23.8 Å². The van der Waals surface area contributed by atoms with Crippen LogP contribution in [0.15, 0.2) is 72.9 Å². The predicted molar refractivity (Wildman–Crippen MR) is 287 cm³/mol. The van der Waals surface area contributed by atoms with Gasteiger partial charge in [0.1, 0.15) is 24.4 Å². The van der Waals surface area contributed by atoms with Crippen molar-refractivity contribution in [2.75, 3.05) is 13.2 Å². The largest absolute Gasteiger partial charge is 0.454 e. The van der Waals surface area contributed by atoms with Crippen molar-refractivity contribution < 1.29 is 49.3 Å². The van der Waals surface area contributed by atoms with Crippen molar-refractivity contribution in [3.8, 4) is 0 Å². The fraction of sp³-hybridized carbons (Fsp3) is 0.763. The quantitative estimate of drug-likeness (QED) is 0.0196. The van der Waals surface area contributed by atoms with Gasteiger partial charge in [-0.1, -0.05) is 203 Å². The Balaban J connectivity index is 2.78. The summed E-state index contributed by atoms with van der Waals surface area (Å²) in [5.41, 5.74) is 0. The number of ether oxygens (including phenoxy) is 3. The maximum absolute atomic E-state index is 13.4. The van der Waals surface area contributed by atoms with Gasteiger partial charge in [0.15, 0.2) is 12.4 Å². The van der Waals surface area contributed by atoms with Crippen molar-refractivity contribution in [3.05, 3.63) is 72.9 Å². The van der Waals surface area contributed by atoms with E-state index >= 15 is 0 Å². The van der Waals surface area contributed by atoms with Gasteiger partial charge in [-0.25, -0.2) is 0 Å². The summed E-state index contributed by atoms with van der Waals surface area (Å²) >= 11 is 0. The van der Waals surface area contributed by atoms with E-state index in [0.29, 0.717) is 12.8 Å². The highest BCUT2D eigenvalue weighted by atomic mass is 16.7. The van der Waals surface area contributed by atoms with Crippen LogP contribution in [0.25, 0.3) is 0 Å². The van der Waals surface area contributed by atoms with Gasteiger partial charge in [0, 0.05) is 6.42 Å². The minimum atomic E-state index is -1.62. The Morgan fingerprint density at radius 2 is 1.00 bits per heavy atom. The molecule has 1 heterocycles. The number of aliphatic hydroxyl groups excluding tert-OH is 5. The first kappa shape index (κ1) is 65.1. The number of allylic oxidation sites excluding steroid dienone is 11. The number of nitrogens with one attached hydrogen (secondary N) is 1. The van der Waals surface area contributed by atoms with Crippen LogP contribution in [0.1, 0.15) is 226 Å². The number of aliphatic hydroxyl groups is 5.